The molecular formula is C10H22N2. The first-order chi connectivity index (χ1) is 5.85. The van der Waals surface area contributed by atoms with Crippen molar-refractivity contribution in [2.75, 3.05) is 0 Å². The molecule has 0 bridgehead atoms. The Bertz CT molecular complexity index is 119. The lowest BCUT2D eigenvalue weighted by atomic mass is 10.1. The van der Waals surface area contributed by atoms with Gasteiger partial charge in [-0.1, -0.05) is 33.1 Å². The Hall–Kier alpha value is -0.530. The van der Waals surface area contributed by atoms with E-state index in [1.165, 1.54) is 37.8 Å². The van der Waals surface area contributed by atoms with Gasteiger partial charge in [-0.15, -0.1) is 0 Å². The third-order valence-corrected chi connectivity index (χ3v) is 2.07. The fourth-order valence-corrected chi connectivity index (χ4v) is 1.21. The van der Waals surface area contributed by atoms with E-state index in [2.05, 4.69) is 18.9 Å². The average molecular weight is 170 g/mol. The highest BCUT2D eigenvalue weighted by Crippen LogP contribution is 2.05. The summed E-state index contributed by atoms with van der Waals surface area (Å²) in [7, 11) is 0. The molecule has 0 fully saturated rings. The van der Waals surface area contributed by atoms with Crippen molar-refractivity contribution in [1.29, 1.82) is 0 Å². The van der Waals surface area contributed by atoms with Crippen molar-refractivity contribution >= 4 is 5.71 Å². The molecule has 0 saturated heterocycles. The number of hydrazone groups is 1. The number of hydrogen-bond donors (Lipinski definition) is 1. The van der Waals surface area contributed by atoms with Crippen LogP contribution in [0.4, 0.5) is 0 Å². The molecule has 12 heavy (non-hydrogen) atoms. The molecule has 0 heterocycles. The molecule has 0 amide bonds. The highest BCUT2D eigenvalue weighted by atomic mass is 15.1. The molecule has 0 spiro atoms. The molecule has 2 N–H and O–H groups in total. The summed E-state index contributed by atoms with van der Waals surface area (Å²) in [5.41, 5.74) is 1.20. The molecule has 0 atom stereocenters. The molecule has 0 aliphatic heterocycles. The van der Waals surface area contributed by atoms with E-state index >= 15 is 0 Å². The lowest BCUT2D eigenvalue weighted by Crippen LogP contribution is -2.02. The molecule has 0 aliphatic carbocycles. The Kier molecular flexibility index (Phi) is 8.19. The van der Waals surface area contributed by atoms with Crippen LogP contribution in [-0.2, 0) is 0 Å². The minimum atomic E-state index is 1.09. The summed E-state index contributed by atoms with van der Waals surface area (Å²) in [6, 6.07) is 0. The molecule has 0 rings (SSSR count). The van der Waals surface area contributed by atoms with Gasteiger partial charge in [-0.25, -0.2) is 0 Å². The minimum Gasteiger partial charge on any atom is -0.323 e. The van der Waals surface area contributed by atoms with E-state index in [-0.39, 0.29) is 0 Å². The lowest BCUT2D eigenvalue weighted by Gasteiger charge is -2.02. The molecule has 0 aliphatic rings. The van der Waals surface area contributed by atoms with E-state index in [9.17, 15) is 0 Å². The van der Waals surface area contributed by atoms with Gasteiger partial charge in [-0.2, -0.15) is 5.10 Å². The van der Waals surface area contributed by atoms with Crippen LogP contribution in [0.3, 0.4) is 0 Å². The van der Waals surface area contributed by atoms with Gasteiger partial charge in [0, 0.05) is 5.71 Å². The monoisotopic (exact) mass is 170 g/mol. The van der Waals surface area contributed by atoms with Crippen molar-refractivity contribution in [2.45, 2.75) is 58.8 Å². The first-order valence-corrected chi connectivity index (χ1v) is 5.10. The Morgan fingerprint density at radius 1 is 1.00 bits per heavy atom. The Labute approximate surface area is 76.2 Å². The Morgan fingerprint density at radius 2 is 1.58 bits per heavy atom. The minimum absolute atomic E-state index is 1.09. The van der Waals surface area contributed by atoms with Crippen LogP contribution in [0, 0.1) is 0 Å². The largest absolute Gasteiger partial charge is 0.323 e. The van der Waals surface area contributed by atoms with E-state index < -0.39 is 0 Å². The van der Waals surface area contributed by atoms with Crippen LogP contribution in [0.25, 0.3) is 0 Å². The zero-order valence-electron chi connectivity index (χ0n) is 8.47. The van der Waals surface area contributed by atoms with Crippen LogP contribution in [-0.4, -0.2) is 5.71 Å². The quantitative estimate of drug-likeness (QED) is 0.271. The molecule has 0 aromatic carbocycles. The van der Waals surface area contributed by atoms with Gasteiger partial charge in [0.05, 0.1) is 0 Å². The summed E-state index contributed by atoms with van der Waals surface area (Å²) in [6.45, 7) is 4.41. The van der Waals surface area contributed by atoms with Crippen LogP contribution in [0.1, 0.15) is 58.8 Å². The zero-order valence-corrected chi connectivity index (χ0v) is 8.47. The maximum Gasteiger partial charge on any atom is 0.0375 e. The van der Waals surface area contributed by atoms with Crippen LogP contribution < -0.4 is 5.84 Å². The second-order valence-corrected chi connectivity index (χ2v) is 3.26. The van der Waals surface area contributed by atoms with Crippen molar-refractivity contribution in [3.05, 3.63) is 0 Å². The number of nitrogens with zero attached hydrogens (tertiary/aromatic N) is 1. The van der Waals surface area contributed by atoms with Crippen molar-refractivity contribution in [3.63, 3.8) is 0 Å². The Balaban J connectivity index is 3.41. The number of nitrogens with two attached hydrogens (primary N) is 1. The lowest BCUT2D eigenvalue weighted by molar-refractivity contribution is 0.726. The van der Waals surface area contributed by atoms with E-state index in [1.54, 1.807) is 0 Å². The van der Waals surface area contributed by atoms with Gasteiger partial charge in [0.2, 0.25) is 0 Å². The van der Waals surface area contributed by atoms with Gasteiger partial charge in [0.1, 0.15) is 0 Å². The predicted molar refractivity (Wildman–Crippen MR) is 55.3 cm³/mol. The predicted octanol–water partition coefficient (Wildman–Crippen LogP) is 3.07. The molecule has 0 unspecified atom stereocenters. The fraction of sp³-hybridized carbons (Fsp3) is 0.900. The van der Waals surface area contributed by atoms with Gasteiger partial charge >= 0.3 is 0 Å². The smallest absolute Gasteiger partial charge is 0.0375 e. The van der Waals surface area contributed by atoms with Crippen molar-refractivity contribution in [1.82, 2.24) is 0 Å². The molecule has 0 saturated carbocycles. The molecule has 0 aromatic rings. The first kappa shape index (κ1) is 11.5. The van der Waals surface area contributed by atoms with E-state index in [0.717, 1.165) is 12.8 Å². The van der Waals surface area contributed by atoms with Gasteiger partial charge in [-0.05, 0) is 25.7 Å². The first-order valence-electron chi connectivity index (χ1n) is 5.10. The summed E-state index contributed by atoms with van der Waals surface area (Å²) in [5, 5.41) is 3.81. The van der Waals surface area contributed by atoms with E-state index in [4.69, 9.17) is 5.84 Å². The van der Waals surface area contributed by atoms with Crippen LogP contribution in [0.15, 0.2) is 5.10 Å². The molecule has 0 aromatic heterocycles. The van der Waals surface area contributed by atoms with Gasteiger partial charge < -0.3 is 5.84 Å². The highest BCUT2D eigenvalue weighted by molar-refractivity contribution is 5.84. The van der Waals surface area contributed by atoms with Crippen molar-refractivity contribution < 1.29 is 0 Å². The van der Waals surface area contributed by atoms with Gasteiger partial charge in [-0.3, -0.25) is 0 Å². The normalized spacial score (nSPS) is 12.0. The van der Waals surface area contributed by atoms with Crippen molar-refractivity contribution in [2.24, 2.45) is 10.9 Å². The third-order valence-electron chi connectivity index (χ3n) is 2.07. The molecule has 2 nitrogen and oxygen atoms in total. The number of unbranched alkanes of at least 4 members (excludes halogenated alkanes) is 3. The van der Waals surface area contributed by atoms with Gasteiger partial charge in [0.15, 0.2) is 0 Å². The average Bonchev–Trinajstić information content (AvgIpc) is 2.11. The maximum absolute atomic E-state index is 5.28. The van der Waals surface area contributed by atoms with Crippen LogP contribution >= 0.6 is 0 Å². The van der Waals surface area contributed by atoms with E-state index in [0.29, 0.717) is 0 Å². The summed E-state index contributed by atoms with van der Waals surface area (Å²) >= 11 is 0. The van der Waals surface area contributed by atoms with Crippen LogP contribution in [0.5, 0.6) is 0 Å². The topological polar surface area (TPSA) is 38.4 Å². The molecular weight excluding hydrogens is 148 g/mol. The second kappa shape index (κ2) is 8.57. The number of rotatable bonds is 7. The molecule has 72 valence electrons. The van der Waals surface area contributed by atoms with Crippen molar-refractivity contribution in [3.8, 4) is 0 Å². The molecule has 0 radical (unpaired) electrons. The summed E-state index contributed by atoms with van der Waals surface area (Å²) in [6.07, 6.45) is 8.46. The van der Waals surface area contributed by atoms with Gasteiger partial charge in [0.25, 0.3) is 0 Å². The standard InChI is InChI=1S/C10H22N2/c1-3-5-7-9-10(12-11)8-6-4-2/h3-9,11H2,1-2H3. The number of hydrogen-bond acceptors (Lipinski definition) is 2. The third kappa shape index (κ3) is 6.20. The van der Waals surface area contributed by atoms with Crippen LogP contribution in [0.2, 0.25) is 0 Å². The van der Waals surface area contributed by atoms with E-state index in [1.807, 2.05) is 0 Å². The Morgan fingerprint density at radius 3 is 2.08 bits per heavy atom. The summed E-state index contributed by atoms with van der Waals surface area (Å²) in [4.78, 5) is 0. The summed E-state index contributed by atoms with van der Waals surface area (Å²) < 4.78 is 0. The highest BCUT2D eigenvalue weighted by Gasteiger charge is 1.97. The maximum atomic E-state index is 5.28. The molecule has 2 heteroatoms. The summed E-state index contributed by atoms with van der Waals surface area (Å²) in [5.74, 6) is 5.28. The zero-order chi connectivity index (χ0) is 9.23. The SMILES string of the molecule is CCCCCC(CCCC)=NN. The second-order valence-electron chi connectivity index (χ2n) is 3.26. The fourth-order valence-electron chi connectivity index (χ4n) is 1.21.